The van der Waals surface area contributed by atoms with Gasteiger partial charge in [-0.05, 0) is 49.7 Å². The normalized spacial score (nSPS) is 11.6. The number of carbonyl (C=O) groups excluding carboxylic acids is 2. The number of hydrogen-bond donors (Lipinski definition) is 3. The van der Waals surface area contributed by atoms with Gasteiger partial charge >= 0.3 is 0 Å². The van der Waals surface area contributed by atoms with Crippen LogP contribution in [0.2, 0.25) is 5.02 Å². The van der Waals surface area contributed by atoms with Crippen molar-refractivity contribution >= 4 is 46.6 Å². The molecule has 3 rings (SSSR count). The van der Waals surface area contributed by atoms with Gasteiger partial charge in [0.15, 0.2) is 10.9 Å². The predicted molar refractivity (Wildman–Crippen MR) is 132 cm³/mol. The lowest BCUT2D eigenvalue weighted by atomic mass is 10.1. The molecule has 0 bridgehead atoms. The lowest BCUT2D eigenvalue weighted by Gasteiger charge is -2.14. The van der Waals surface area contributed by atoms with Gasteiger partial charge < -0.3 is 10.6 Å². The molecule has 33 heavy (non-hydrogen) atoms. The average molecular weight is 486 g/mol. The first-order valence-corrected chi connectivity index (χ1v) is 11.7. The maximum atomic E-state index is 12.8. The number of H-pyrrole nitrogens is 1. The first-order chi connectivity index (χ1) is 15.8. The third-order valence-electron chi connectivity index (χ3n) is 4.73. The topological polar surface area (TPSA) is 117 Å². The fourth-order valence-corrected chi connectivity index (χ4v) is 3.93. The maximum absolute atomic E-state index is 12.8. The molecule has 0 aliphatic carbocycles. The number of thioether (sulfide) groups is 1. The van der Waals surface area contributed by atoms with Crippen molar-refractivity contribution in [3.8, 4) is 11.3 Å². The van der Waals surface area contributed by atoms with E-state index < -0.39 is 10.8 Å². The first-order valence-electron chi connectivity index (χ1n) is 10.4. The molecule has 3 N–H and O–H groups in total. The molecule has 0 unspecified atom stereocenters. The van der Waals surface area contributed by atoms with Crippen LogP contribution in [-0.2, 0) is 9.59 Å². The minimum atomic E-state index is -0.491. The van der Waals surface area contributed by atoms with Crippen molar-refractivity contribution in [2.45, 2.75) is 44.0 Å². The van der Waals surface area contributed by atoms with Gasteiger partial charge in [0.2, 0.25) is 11.8 Å². The highest BCUT2D eigenvalue weighted by Crippen LogP contribution is 2.27. The van der Waals surface area contributed by atoms with Crippen LogP contribution in [0, 0.1) is 6.92 Å². The number of carbonyl (C=O) groups is 2. The molecule has 1 aromatic heterocycles. The van der Waals surface area contributed by atoms with Gasteiger partial charge in [0, 0.05) is 22.7 Å². The first kappa shape index (κ1) is 24.5. The lowest BCUT2D eigenvalue weighted by Crippen LogP contribution is -2.25. The molecule has 3 aromatic rings. The lowest BCUT2D eigenvalue weighted by molar-refractivity contribution is -0.116. The summed E-state index contributed by atoms with van der Waals surface area (Å²) in [6, 6.07) is 12.1. The van der Waals surface area contributed by atoms with E-state index >= 15 is 0 Å². The zero-order valence-electron chi connectivity index (χ0n) is 18.4. The highest BCUT2D eigenvalue weighted by atomic mass is 35.5. The predicted octanol–water partition coefficient (Wildman–Crippen LogP) is 4.65. The second kappa shape index (κ2) is 11.1. The summed E-state index contributed by atoms with van der Waals surface area (Å²) in [5.41, 5.74) is 2.13. The molecular weight excluding hydrogens is 462 g/mol. The Bertz CT molecular complexity index is 1210. The van der Waals surface area contributed by atoms with Gasteiger partial charge in [0.05, 0.1) is 10.9 Å². The number of halogens is 1. The van der Waals surface area contributed by atoms with E-state index in [0.717, 1.165) is 17.3 Å². The highest BCUT2D eigenvalue weighted by molar-refractivity contribution is 8.00. The van der Waals surface area contributed by atoms with Crippen molar-refractivity contribution in [3.63, 3.8) is 0 Å². The van der Waals surface area contributed by atoms with Gasteiger partial charge in [-0.1, -0.05) is 48.8 Å². The standard InChI is InChI=1S/C23H24ClN5O3S/c1-4-18(21(31)25-15-9-7-14(24)8-10-15)33-23-27-22(32)20(28-29-23)16-12-13(3)6-11-17(16)26-19(30)5-2/h6-12,18H,4-5H2,1-3H3,(H,25,31)(H,26,30)(H,27,29,32)/t18-/m0/s1. The van der Waals surface area contributed by atoms with Crippen LogP contribution in [-0.4, -0.2) is 32.2 Å². The molecule has 0 saturated heterocycles. The largest absolute Gasteiger partial charge is 0.325 e. The Labute approximate surface area is 200 Å². The minimum absolute atomic E-state index is 0.0908. The molecule has 0 spiro atoms. The Hall–Kier alpha value is -3.17. The summed E-state index contributed by atoms with van der Waals surface area (Å²) in [6.07, 6.45) is 0.821. The van der Waals surface area contributed by atoms with E-state index in [1.807, 2.05) is 19.9 Å². The van der Waals surface area contributed by atoms with Crippen molar-refractivity contribution in [3.05, 3.63) is 63.4 Å². The summed E-state index contributed by atoms with van der Waals surface area (Å²) in [6.45, 7) is 5.50. The number of aromatic amines is 1. The van der Waals surface area contributed by atoms with Crippen LogP contribution >= 0.6 is 23.4 Å². The van der Waals surface area contributed by atoms with Crippen LogP contribution in [0.1, 0.15) is 32.3 Å². The number of amides is 2. The molecule has 0 aliphatic rings. The average Bonchev–Trinajstić information content (AvgIpc) is 2.80. The van der Waals surface area contributed by atoms with Gasteiger partial charge in [0.1, 0.15) is 0 Å². The minimum Gasteiger partial charge on any atom is -0.325 e. The molecule has 0 saturated carbocycles. The number of rotatable bonds is 8. The Morgan fingerprint density at radius 1 is 1.09 bits per heavy atom. The molecule has 2 amide bonds. The van der Waals surface area contributed by atoms with Crippen LogP contribution in [0.25, 0.3) is 11.3 Å². The van der Waals surface area contributed by atoms with Gasteiger partial charge in [-0.3, -0.25) is 19.4 Å². The van der Waals surface area contributed by atoms with Gasteiger partial charge in [-0.2, -0.15) is 0 Å². The summed E-state index contributed by atoms with van der Waals surface area (Å²) >= 11 is 7.00. The number of hydrogen-bond acceptors (Lipinski definition) is 6. The van der Waals surface area contributed by atoms with Crippen molar-refractivity contribution < 1.29 is 9.59 Å². The smallest absolute Gasteiger partial charge is 0.278 e. The van der Waals surface area contributed by atoms with E-state index in [9.17, 15) is 14.4 Å². The Morgan fingerprint density at radius 2 is 1.82 bits per heavy atom. The van der Waals surface area contributed by atoms with Crippen LogP contribution in [0.5, 0.6) is 0 Å². The molecule has 0 radical (unpaired) electrons. The van der Waals surface area contributed by atoms with Gasteiger partial charge in [-0.25, -0.2) is 0 Å². The molecule has 0 aliphatic heterocycles. The van der Waals surface area contributed by atoms with Crippen molar-refractivity contribution in [1.29, 1.82) is 0 Å². The van der Waals surface area contributed by atoms with Crippen molar-refractivity contribution in [2.24, 2.45) is 0 Å². The summed E-state index contributed by atoms with van der Waals surface area (Å²) < 4.78 is 0. The molecule has 10 heteroatoms. The molecule has 1 heterocycles. The summed E-state index contributed by atoms with van der Waals surface area (Å²) in [7, 11) is 0. The van der Waals surface area contributed by atoms with Gasteiger partial charge in [0.25, 0.3) is 5.56 Å². The zero-order valence-corrected chi connectivity index (χ0v) is 20.0. The molecule has 1 atom stereocenters. The van der Waals surface area contributed by atoms with E-state index in [4.69, 9.17) is 11.6 Å². The van der Waals surface area contributed by atoms with Crippen molar-refractivity contribution in [1.82, 2.24) is 15.2 Å². The number of benzene rings is 2. The SMILES string of the molecule is CCC(=O)Nc1ccc(C)cc1-c1nnc(S[C@@H](CC)C(=O)Nc2ccc(Cl)cc2)[nH]c1=O. The van der Waals surface area contributed by atoms with Crippen molar-refractivity contribution in [2.75, 3.05) is 10.6 Å². The summed E-state index contributed by atoms with van der Waals surface area (Å²) in [5, 5.41) is 14.2. The number of anilines is 2. The van der Waals surface area contributed by atoms with Crippen LogP contribution in [0.15, 0.2) is 52.4 Å². The second-order valence-electron chi connectivity index (χ2n) is 7.27. The van der Waals surface area contributed by atoms with Crippen LogP contribution < -0.4 is 16.2 Å². The number of aryl methyl sites for hydroxylation is 1. The Kier molecular flexibility index (Phi) is 8.24. The third kappa shape index (κ3) is 6.43. The number of aromatic nitrogens is 3. The molecule has 0 fully saturated rings. The number of nitrogens with zero attached hydrogens (tertiary/aromatic N) is 2. The van der Waals surface area contributed by atoms with E-state index in [1.54, 1.807) is 43.3 Å². The van der Waals surface area contributed by atoms with Crippen LogP contribution in [0.4, 0.5) is 11.4 Å². The summed E-state index contributed by atoms with van der Waals surface area (Å²) in [5.74, 6) is -0.394. The van der Waals surface area contributed by atoms with Gasteiger partial charge in [-0.15, -0.1) is 10.2 Å². The zero-order chi connectivity index (χ0) is 24.0. The Morgan fingerprint density at radius 3 is 2.45 bits per heavy atom. The molecule has 8 nitrogen and oxygen atoms in total. The fourth-order valence-electron chi connectivity index (χ4n) is 2.97. The quantitative estimate of drug-likeness (QED) is 0.400. The maximum Gasteiger partial charge on any atom is 0.278 e. The fraction of sp³-hybridized carbons (Fsp3) is 0.261. The number of nitrogens with one attached hydrogen (secondary N) is 3. The Balaban J connectivity index is 1.81. The van der Waals surface area contributed by atoms with E-state index in [0.29, 0.717) is 34.8 Å². The molecule has 172 valence electrons. The van der Waals surface area contributed by atoms with E-state index in [2.05, 4.69) is 25.8 Å². The highest BCUT2D eigenvalue weighted by Gasteiger charge is 2.21. The van der Waals surface area contributed by atoms with E-state index in [1.165, 1.54) is 0 Å². The monoisotopic (exact) mass is 485 g/mol. The van der Waals surface area contributed by atoms with E-state index in [-0.39, 0.29) is 22.7 Å². The third-order valence-corrected chi connectivity index (χ3v) is 6.22. The summed E-state index contributed by atoms with van der Waals surface area (Å²) in [4.78, 5) is 40.1. The molecule has 2 aromatic carbocycles. The van der Waals surface area contributed by atoms with Crippen LogP contribution in [0.3, 0.4) is 0 Å². The second-order valence-corrected chi connectivity index (χ2v) is 8.90. The molecular formula is C23H24ClN5O3S.